The third-order valence-corrected chi connectivity index (χ3v) is 1.92. The SMILES string of the molecule is C/C=C/OCc1ccc2c(c1)OCO2. The molecule has 0 unspecified atom stereocenters. The lowest BCUT2D eigenvalue weighted by molar-refractivity contribution is 0.173. The third kappa shape index (κ3) is 1.82. The molecule has 1 aliphatic rings. The maximum atomic E-state index is 5.25. The molecule has 1 aromatic carbocycles. The molecule has 2 rings (SSSR count). The van der Waals surface area contributed by atoms with Crippen LogP contribution in [0.25, 0.3) is 0 Å². The lowest BCUT2D eigenvalue weighted by Gasteiger charge is -2.02. The summed E-state index contributed by atoms with van der Waals surface area (Å²) in [5.74, 6) is 1.60. The van der Waals surface area contributed by atoms with E-state index in [2.05, 4.69) is 0 Å². The summed E-state index contributed by atoms with van der Waals surface area (Å²) in [6, 6.07) is 5.81. The Kier molecular flexibility index (Phi) is 2.58. The number of hydrogen-bond acceptors (Lipinski definition) is 3. The molecule has 3 nitrogen and oxygen atoms in total. The van der Waals surface area contributed by atoms with Gasteiger partial charge in [-0.2, -0.15) is 0 Å². The normalized spacial score (nSPS) is 13.5. The van der Waals surface area contributed by atoms with Gasteiger partial charge in [-0.25, -0.2) is 0 Å². The fraction of sp³-hybridized carbons (Fsp3) is 0.273. The molecule has 1 aliphatic heterocycles. The monoisotopic (exact) mass is 192 g/mol. The Labute approximate surface area is 82.9 Å². The van der Waals surface area contributed by atoms with Crippen LogP contribution in [0, 0.1) is 0 Å². The van der Waals surface area contributed by atoms with Crippen LogP contribution < -0.4 is 9.47 Å². The van der Waals surface area contributed by atoms with E-state index in [1.54, 1.807) is 6.26 Å². The molecule has 74 valence electrons. The van der Waals surface area contributed by atoms with Crippen molar-refractivity contribution in [1.29, 1.82) is 0 Å². The van der Waals surface area contributed by atoms with Gasteiger partial charge in [0.2, 0.25) is 6.79 Å². The van der Waals surface area contributed by atoms with Crippen molar-refractivity contribution in [2.24, 2.45) is 0 Å². The summed E-state index contributed by atoms with van der Waals surface area (Å²) < 4.78 is 15.7. The third-order valence-electron chi connectivity index (χ3n) is 1.92. The summed E-state index contributed by atoms with van der Waals surface area (Å²) in [5.41, 5.74) is 1.08. The van der Waals surface area contributed by atoms with Gasteiger partial charge < -0.3 is 14.2 Å². The summed E-state index contributed by atoms with van der Waals surface area (Å²) in [4.78, 5) is 0. The van der Waals surface area contributed by atoms with E-state index < -0.39 is 0 Å². The van der Waals surface area contributed by atoms with Crippen molar-refractivity contribution in [1.82, 2.24) is 0 Å². The Morgan fingerprint density at radius 2 is 2.21 bits per heavy atom. The highest BCUT2D eigenvalue weighted by atomic mass is 16.7. The molecule has 0 aliphatic carbocycles. The Balaban J connectivity index is 2.05. The molecule has 0 fully saturated rings. The number of allylic oxidation sites excluding steroid dienone is 1. The van der Waals surface area contributed by atoms with Crippen molar-refractivity contribution in [3.05, 3.63) is 36.1 Å². The van der Waals surface area contributed by atoms with Gasteiger partial charge in [0.15, 0.2) is 11.5 Å². The Morgan fingerprint density at radius 3 is 3.07 bits per heavy atom. The van der Waals surface area contributed by atoms with Gasteiger partial charge in [0.1, 0.15) is 6.61 Å². The number of ether oxygens (including phenoxy) is 3. The molecular formula is C11H12O3. The van der Waals surface area contributed by atoms with Crippen molar-refractivity contribution < 1.29 is 14.2 Å². The van der Waals surface area contributed by atoms with E-state index in [1.165, 1.54) is 0 Å². The van der Waals surface area contributed by atoms with Crippen molar-refractivity contribution >= 4 is 0 Å². The summed E-state index contributed by atoms with van der Waals surface area (Å²) in [6.45, 7) is 2.79. The van der Waals surface area contributed by atoms with Gasteiger partial charge in [-0.15, -0.1) is 0 Å². The highest BCUT2D eigenvalue weighted by Gasteiger charge is 2.12. The number of hydrogen-bond donors (Lipinski definition) is 0. The minimum atomic E-state index is 0.314. The van der Waals surface area contributed by atoms with Gasteiger partial charge in [-0.3, -0.25) is 0 Å². The van der Waals surface area contributed by atoms with Gasteiger partial charge in [0.05, 0.1) is 6.26 Å². The van der Waals surface area contributed by atoms with Gasteiger partial charge >= 0.3 is 0 Å². The van der Waals surface area contributed by atoms with E-state index in [1.807, 2.05) is 31.2 Å². The minimum Gasteiger partial charge on any atom is -0.497 e. The van der Waals surface area contributed by atoms with Crippen molar-refractivity contribution in [3.63, 3.8) is 0 Å². The minimum absolute atomic E-state index is 0.314. The van der Waals surface area contributed by atoms with E-state index in [0.29, 0.717) is 13.4 Å². The average Bonchev–Trinajstić information content (AvgIpc) is 2.65. The number of benzene rings is 1. The molecule has 0 amide bonds. The summed E-state index contributed by atoms with van der Waals surface area (Å²) in [6.07, 6.45) is 3.53. The molecule has 1 heterocycles. The fourth-order valence-electron chi connectivity index (χ4n) is 1.27. The van der Waals surface area contributed by atoms with Crippen LogP contribution in [-0.2, 0) is 11.3 Å². The first-order valence-electron chi connectivity index (χ1n) is 4.51. The predicted molar refractivity (Wildman–Crippen MR) is 52.2 cm³/mol. The molecule has 0 N–H and O–H groups in total. The zero-order chi connectivity index (χ0) is 9.80. The maximum absolute atomic E-state index is 5.25. The maximum Gasteiger partial charge on any atom is 0.231 e. The zero-order valence-electron chi connectivity index (χ0n) is 8.03. The molecule has 0 spiro atoms. The Hall–Kier alpha value is -1.64. The van der Waals surface area contributed by atoms with Crippen LogP contribution in [0.15, 0.2) is 30.5 Å². The first kappa shape index (κ1) is 8.94. The highest BCUT2D eigenvalue weighted by Crippen LogP contribution is 2.32. The Bertz CT molecular complexity index is 344. The van der Waals surface area contributed by atoms with Crippen molar-refractivity contribution in [2.75, 3.05) is 6.79 Å². The Morgan fingerprint density at radius 1 is 1.36 bits per heavy atom. The van der Waals surface area contributed by atoms with Crippen LogP contribution in [0.5, 0.6) is 11.5 Å². The quantitative estimate of drug-likeness (QED) is 0.688. The standard InChI is InChI=1S/C11H12O3/c1-2-5-12-7-9-3-4-10-11(6-9)14-8-13-10/h2-6H,7-8H2,1H3/b5-2+. The van der Waals surface area contributed by atoms with Crippen LogP contribution in [-0.4, -0.2) is 6.79 Å². The van der Waals surface area contributed by atoms with Crippen LogP contribution in [0.1, 0.15) is 12.5 Å². The summed E-state index contributed by atoms with van der Waals surface area (Å²) >= 11 is 0. The number of fused-ring (bicyclic) bond motifs is 1. The van der Waals surface area contributed by atoms with Crippen molar-refractivity contribution in [3.8, 4) is 11.5 Å². The molecule has 3 heteroatoms. The molecular weight excluding hydrogens is 180 g/mol. The number of rotatable bonds is 3. The molecule has 0 saturated carbocycles. The topological polar surface area (TPSA) is 27.7 Å². The molecule has 0 atom stereocenters. The van der Waals surface area contributed by atoms with Gasteiger partial charge in [0.25, 0.3) is 0 Å². The van der Waals surface area contributed by atoms with Crippen LogP contribution in [0.4, 0.5) is 0 Å². The lowest BCUT2D eigenvalue weighted by atomic mass is 10.2. The average molecular weight is 192 g/mol. The first-order chi connectivity index (χ1) is 6.90. The summed E-state index contributed by atoms with van der Waals surface area (Å²) in [5, 5.41) is 0. The van der Waals surface area contributed by atoms with Crippen LogP contribution in [0.3, 0.4) is 0 Å². The van der Waals surface area contributed by atoms with Gasteiger partial charge in [-0.05, 0) is 24.6 Å². The van der Waals surface area contributed by atoms with Crippen LogP contribution in [0.2, 0.25) is 0 Å². The molecule has 0 radical (unpaired) electrons. The predicted octanol–water partition coefficient (Wildman–Crippen LogP) is 2.47. The molecule has 0 bridgehead atoms. The molecule has 0 saturated heterocycles. The zero-order valence-corrected chi connectivity index (χ0v) is 8.03. The van der Waals surface area contributed by atoms with E-state index >= 15 is 0 Å². The molecule has 0 aromatic heterocycles. The van der Waals surface area contributed by atoms with Gasteiger partial charge in [0, 0.05) is 0 Å². The van der Waals surface area contributed by atoms with Crippen molar-refractivity contribution in [2.45, 2.75) is 13.5 Å². The van der Waals surface area contributed by atoms with E-state index in [0.717, 1.165) is 17.1 Å². The summed E-state index contributed by atoms with van der Waals surface area (Å²) in [7, 11) is 0. The molecule has 14 heavy (non-hydrogen) atoms. The molecule has 1 aromatic rings. The highest BCUT2D eigenvalue weighted by molar-refractivity contribution is 5.44. The smallest absolute Gasteiger partial charge is 0.231 e. The van der Waals surface area contributed by atoms with E-state index in [4.69, 9.17) is 14.2 Å². The largest absolute Gasteiger partial charge is 0.497 e. The second-order valence-corrected chi connectivity index (χ2v) is 2.97. The van der Waals surface area contributed by atoms with E-state index in [9.17, 15) is 0 Å². The van der Waals surface area contributed by atoms with Crippen LogP contribution >= 0.6 is 0 Å². The second-order valence-electron chi connectivity index (χ2n) is 2.97. The van der Waals surface area contributed by atoms with Gasteiger partial charge in [-0.1, -0.05) is 12.1 Å². The second kappa shape index (κ2) is 4.05. The first-order valence-corrected chi connectivity index (χ1v) is 4.51. The fourth-order valence-corrected chi connectivity index (χ4v) is 1.27. The van der Waals surface area contributed by atoms with E-state index in [-0.39, 0.29) is 0 Å². The lowest BCUT2D eigenvalue weighted by Crippen LogP contribution is -1.93.